The van der Waals surface area contributed by atoms with Crippen LogP contribution >= 0.6 is 0 Å². The third-order valence-corrected chi connectivity index (χ3v) is 5.21. The molecule has 3 heterocycles. The third kappa shape index (κ3) is 3.20. The van der Waals surface area contributed by atoms with E-state index in [1.54, 1.807) is 18.3 Å². The van der Waals surface area contributed by atoms with Crippen LogP contribution < -0.4 is 15.4 Å². The fourth-order valence-corrected chi connectivity index (χ4v) is 3.76. The first-order valence-electron chi connectivity index (χ1n) is 9.38. The number of carbonyl (C=O) groups excluding carboxylic acids is 2. The zero-order valence-electron chi connectivity index (χ0n) is 15.4. The summed E-state index contributed by atoms with van der Waals surface area (Å²) in [4.78, 5) is 33.5. The van der Waals surface area contributed by atoms with E-state index in [0.717, 1.165) is 12.8 Å². The highest BCUT2D eigenvalue weighted by Gasteiger charge is 2.30. The van der Waals surface area contributed by atoms with Gasteiger partial charge in [-0.3, -0.25) is 14.7 Å². The van der Waals surface area contributed by atoms with Crippen molar-refractivity contribution in [2.45, 2.75) is 24.8 Å². The predicted octanol–water partition coefficient (Wildman–Crippen LogP) is 1.41. The van der Waals surface area contributed by atoms with Crippen molar-refractivity contribution in [1.82, 2.24) is 25.5 Å². The molecule has 146 valence electrons. The third-order valence-electron chi connectivity index (χ3n) is 5.21. The molecule has 0 unspecified atom stereocenters. The Morgan fingerprint density at radius 3 is 3.03 bits per heavy atom. The van der Waals surface area contributed by atoms with Crippen LogP contribution in [0.5, 0.6) is 5.75 Å². The van der Waals surface area contributed by atoms with E-state index in [1.807, 2.05) is 12.1 Å². The van der Waals surface area contributed by atoms with Crippen LogP contribution in [0.4, 0.5) is 5.82 Å². The molecule has 2 aromatic heterocycles. The minimum absolute atomic E-state index is 0.00272. The van der Waals surface area contributed by atoms with E-state index >= 15 is 0 Å². The van der Waals surface area contributed by atoms with Gasteiger partial charge in [-0.05, 0) is 36.1 Å². The molecule has 29 heavy (non-hydrogen) atoms. The highest BCUT2D eigenvalue weighted by atomic mass is 16.5. The summed E-state index contributed by atoms with van der Waals surface area (Å²) in [5, 5.41) is 12.2. The summed E-state index contributed by atoms with van der Waals surface area (Å²) in [6.07, 6.45) is 3.44. The van der Waals surface area contributed by atoms with Gasteiger partial charge < -0.3 is 15.4 Å². The standard InChI is InChI=1S/C20H18N6O3/c27-19-14(10-29-15-6-3-9-21-17(15)24-19)22-20(28)18-23-16(25-26-18)13-8-7-11-4-1-2-5-12(11)13/h1-6,9,13-14H,7-8,10H2,(H,22,28)(H,21,24,27)(H,23,25,26)/t13-,14-/m0/s1. The van der Waals surface area contributed by atoms with Crippen molar-refractivity contribution in [3.8, 4) is 5.75 Å². The van der Waals surface area contributed by atoms with Gasteiger partial charge in [0.15, 0.2) is 11.6 Å². The topological polar surface area (TPSA) is 122 Å². The highest BCUT2D eigenvalue weighted by Crippen LogP contribution is 2.36. The van der Waals surface area contributed by atoms with Gasteiger partial charge in [0.1, 0.15) is 18.5 Å². The van der Waals surface area contributed by atoms with Crippen molar-refractivity contribution in [2.24, 2.45) is 0 Å². The van der Waals surface area contributed by atoms with Crippen molar-refractivity contribution in [3.63, 3.8) is 0 Å². The zero-order chi connectivity index (χ0) is 19.8. The Kier molecular flexibility index (Phi) is 4.19. The van der Waals surface area contributed by atoms with E-state index in [0.29, 0.717) is 17.4 Å². The Morgan fingerprint density at radius 1 is 1.21 bits per heavy atom. The summed E-state index contributed by atoms with van der Waals surface area (Å²) in [7, 11) is 0. The average Bonchev–Trinajstić information content (AvgIpc) is 3.35. The number of hydrogen-bond acceptors (Lipinski definition) is 6. The molecule has 1 aromatic carbocycles. The van der Waals surface area contributed by atoms with Gasteiger partial charge in [0, 0.05) is 12.1 Å². The molecular weight excluding hydrogens is 372 g/mol. The monoisotopic (exact) mass is 390 g/mol. The molecule has 9 nitrogen and oxygen atoms in total. The first kappa shape index (κ1) is 17.4. The number of fused-ring (bicyclic) bond motifs is 2. The van der Waals surface area contributed by atoms with Crippen LogP contribution in [0.15, 0.2) is 42.6 Å². The molecule has 1 aliphatic heterocycles. The lowest BCUT2D eigenvalue weighted by atomic mass is 10.0. The number of aromatic nitrogens is 4. The number of amides is 2. The first-order valence-corrected chi connectivity index (χ1v) is 9.38. The minimum atomic E-state index is -0.883. The lowest BCUT2D eigenvalue weighted by Crippen LogP contribution is -2.46. The molecule has 2 aliphatic rings. The van der Waals surface area contributed by atoms with Gasteiger partial charge in [0.05, 0.1) is 0 Å². The number of ether oxygens (including phenoxy) is 1. The number of hydrogen-bond donors (Lipinski definition) is 3. The van der Waals surface area contributed by atoms with Crippen molar-refractivity contribution < 1.29 is 14.3 Å². The molecule has 0 radical (unpaired) electrons. The maximum Gasteiger partial charge on any atom is 0.291 e. The van der Waals surface area contributed by atoms with Gasteiger partial charge in [-0.15, -0.1) is 5.10 Å². The number of aryl methyl sites for hydroxylation is 1. The molecule has 2 amide bonds. The van der Waals surface area contributed by atoms with E-state index in [-0.39, 0.29) is 18.3 Å². The van der Waals surface area contributed by atoms with Crippen molar-refractivity contribution in [1.29, 1.82) is 0 Å². The van der Waals surface area contributed by atoms with Crippen molar-refractivity contribution in [3.05, 3.63) is 65.4 Å². The number of pyridine rings is 1. The lowest BCUT2D eigenvalue weighted by molar-refractivity contribution is -0.118. The molecule has 0 bridgehead atoms. The van der Waals surface area contributed by atoms with Crippen molar-refractivity contribution in [2.75, 3.05) is 11.9 Å². The second kappa shape index (κ2) is 7.01. The van der Waals surface area contributed by atoms with E-state index in [2.05, 4.69) is 42.9 Å². The summed E-state index contributed by atoms with van der Waals surface area (Å²) in [5.41, 5.74) is 2.50. The Labute approximate surface area is 165 Å². The quantitative estimate of drug-likeness (QED) is 0.622. The summed E-state index contributed by atoms with van der Waals surface area (Å²) < 4.78 is 5.58. The number of aromatic amines is 1. The fraction of sp³-hybridized carbons (Fsp3) is 0.250. The molecule has 1 aliphatic carbocycles. The number of benzene rings is 1. The summed E-state index contributed by atoms with van der Waals surface area (Å²) >= 11 is 0. The Hall–Kier alpha value is -3.75. The molecule has 0 fully saturated rings. The van der Waals surface area contributed by atoms with Gasteiger partial charge in [-0.2, -0.15) is 0 Å². The molecule has 2 atom stereocenters. The molecule has 5 rings (SSSR count). The maximum atomic E-state index is 12.6. The average molecular weight is 390 g/mol. The van der Waals surface area contributed by atoms with Gasteiger partial charge in [-0.1, -0.05) is 24.3 Å². The number of rotatable bonds is 3. The number of nitrogens with one attached hydrogen (secondary N) is 3. The molecule has 0 spiro atoms. The normalized spacial score (nSPS) is 20.1. The minimum Gasteiger partial charge on any atom is -0.487 e. The summed E-state index contributed by atoms with van der Waals surface area (Å²) in [6, 6.07) is 10.7. The van der Waals surface area contributed by atoms with Crippen LogP contribution in [-0.4, -0.2) is 44.6 Å². The number of H-pyrrole nitrogens is 1. The number of nitrogens with zero attached hydrogens (tertiary/aromatic N) is 3. The van der Waals surface area contributed by atoms with Crippen LogP contribution in [0, 0.1) is 0 Å². The Morgan fingerprint density at radius 2 is 2.10 bits per heavy atom. The SMILES string of the molecule is O=C(N[C@H]1COc2cccnc2NC1=O)c1n[nH]c([C@H]2CCc3ccccc32)n1. The lowest BCUT2D eigenvalue weighted by Gasteiger charge is -2.13. The van der Waals surface area contributed by atoms with E-state index in [1.165, 1.54) is 11.1 Å². The van der Waals surface area contributed by atoms with E-state index in [9.17, 15) is 9.59 Å². The predicted molar refractivity (Wildman–Crippen MR) is 103 cm³/mol. The molecule has 9 heteroatoms. The Balaban J connectivity index is 1.30. The second-order valence-corrected chi connectivity index (χ2v) is 7.01. The van der Waals surface area contributed by atoms with Crippen LogP contribution in [0.3, 0.4) is 0 Å². The Bertz CT molecular complexity index is 1100. The van der Waals surface area contributed by atoms with Gasteiger partial charge >= 0.3 is 0 Å². The summed E-state index contributed by atoms with van der Waals surface area (Å²) in [5.74, 6) is 0.574. The van der Waals surface area contributed by atoms with Crippen LogP contribution in [0.1, 0.15) is 39.9 Å². The first-order chi connectivity index (χ1) is 14.2. The number of anilines is 1. The van der Waals surface area contributed by atoms with Gasteiger partial charge in [0.25, 0.3) is 11.8 Å². The van der Waals surface area contributed by atoms with Crippen LogP contribution in [0.2, 0.25) is 0 Å². The van der Waals surface area contributed by atoms with Crippen molar-refractivity contribution >= 4 is 17.6 Å². The largest absolute Gasteiger partial charge is 0.487 e. The van der Waals surface area contributed by atoms with Gasteiger partial charge in [-0.25, -0.2) is 9.97 Å². The van der Waals surface area contributed by atoms with Gasteiger partial charge in [0.2, 0.25) is 5.82 Å². The van der Waals surface area contributed by atoms with E-state index < -0.39 is 17.9 Å². The van der Waals surface area contributed by atoms with Crippen LogP contribution in [-0.2, 0) is 11.2 Å². The molecular formula is C20H18N6O3. The zero-order valence-corrected chi connectivity index (χ0v) is 15.4. The molecule has 3 N–H and O–H groups in total. The van der Waals surface area contributed by atoms with Crippen LogP contribution in [0.25, 0.3) is 0 Å². The fourth-order valence-electron chi connectivity index (χ4n) is 3.76. The smallest absolute Gasteiger partial charge is 0.291 e. The maximum absolute atomic E-state index is 12.6. The van der Waals surface area contributed by atoms with E-state index in [4.69, 9.17) is 4.74 Å². The molecule has 0 saturated carbocycles. The highest BCUT2D eigenvalue weighted by molar-refractivity contribution is 6.00. The number of carbonyl (C=O) groups is 2. The summed E-state index contributed by atoms with van der Waals surface area (Å²) in [6.45, 7) is -0.0104. The second-order valence-electron chi connectivity index (χ2n) is 7.01. The molecule has 3 aromatic rings. The molecule has 0 saturated heterocycles.